The van der Waals surface area contributed by atoms with E-state index in [1.165, 1.54) is 12.3 Å². The number of benzene rings is 1. The number of furan rings is 1. The summed E-state index contributed by atoms with van der Waals surface area (Å²) >= 11 is 12.1. The van der Waals surface area contributed by atoms with Crippen molar-refractivity contribution in [2.24, 2.45) is 0 Å². The summed E-state index contributed by atoms with van der Waals surface area (Å²) < 4.78 is 28.9. The van der Waals surface area contributed by atoms with Gasteiger partial charge in [-0.25, -0.2) is 8.42 Å². The van der Waals surface area contributed by atoms with Crippen molar-refractivity contribution in [1.29, 1.82) is 0 Å². The lowest BCUT2D eigenvalue weighted by molar-refractivity contribution is -0.128. The third-order valence-electron chi connectivity index (χ3n) is 4.22. The van der Waals surface area contributed by atoms with E-state index in [1.807, 2.05) is 0 Å². The summed E-state index contributed by atoms with van der Waals surface area (Å²) in [6.45, 7) is 0.206. The summed E-state index contributed by atoms with van der Waals surface area (Å²) in [5, 5.41) is 0.934. The Morgan fingerprint density at radius 3 is 2.73 bits per heavy atom. The molecule has 138 valence electrons. The number of nitrogens with zero attached hydrogens (tertiary/aromatic N) is 1. The van der Waals surface area contributed by atoms with Gasteiger partial charge in [-0.2, -0.15) is 0 Å². The Morgan fingerprint density at radius 1 is 1.31 bits per heavy atom. The molecule has 0 N–H and O–H groups in total. The van der Waals surface area contributed by atoms with Gasteiger partial charge in [-0.05, 0) is 42.3 Å². The lowest BCUT2D eigenvalue weighted by Crippen LogP contribution is -2.39. The van der Waals surface area contributed by atoms with E-state index < -0.39 is 9.84 Å². The maximum atomic E-state index is 12.8. The van der Waals surface area contributed by atoms with Gasteiger partial charge in [0.1, 0.15) is 5.76 Å². The first kappa shape index (κ1) is 19.0. The second-order valence-electron chi connectivity index (χ2n) is 6.11. The van der Waals surface area contributed by atoms with Gasteiger partial charge in [-0.3, -0.25) is 4.79 Å². The van der Waals surface area contributed by atoms with Crippen molar-refractivity contribution in [3.8, 4) is 0 Å². The third-order valence-corrected chi connectivity index (χ3v) is 6.56. The van der Waals surface area contributed by atoms with Gasteiger partial charge in [0.05, 0.1) is 17.8 Å². The Kier molecular flexibility index (Phi) is 5.75. The van der Waals surface area contributed by atoms with E-state index in [-0.39, 0.29) is 30.0 Å². The normalized spacial score (nSPS) is 19.1. The van der Waals surface area contributed by atoms with Crippen LogP contribution in [-0.4, -0.2) is 36.8 Å². The van der Waals surface area contributed by atoms with Crippen molar-refractivity contribution in [3.63, 3.8) is 0 Å². The van der Waals surface area contributed by atoms with Crippen LogP contribution < -0.4 is 0 Å². The fourth-order valence-electron chi connectivity index (χ4n) is 2.88. The van der Waals surface area contributed by atoms with Crippen LogP contribution in [0.15, 0.2) is 47.1 Å². The Balaban J connectivity index is 1.85. The molecule has 0 aliphatic carbocycles. The molecule has 0 saturated carbocycles. The van der Waals surface area contributed by atoms with Crippen molar-refractivity contribution in [2.75, 3.05) is 11.5 Å². The molecule has 2 heterocycles. The largest absolute Gasteiger partial charge is 0.465 e. The molecule has 3 rings (SSSR count). The van der Waals surface area contributed by atoms with Gasteiger partial charge < -0.3 is 9.32 Å². The van der Waals surface area contributed by atoms with Crippen molar-refractivity contribution in [3.05, 3.63) is 64.0 Å². The highest BCUT2D eigenvalue weighted by atomic mass is 35.5. The maximum Gasteiger partial charge on any atom is 0.247 e. The summed E-state index contributed by atoms with van der Waals surface area (Å²) in [5.74, 6) is 0.285. The second-order valence-corrected chi connectivity index (χ2v) is 9.18. The molecule has 1 amide bonds. The van der Waals surface area contributed by atoms with Gasteiger partial charge in [-0.1, -0.05) is 29.3 Å². The summed E-state index contributed by atoms with van der Waals surface area (Å²) in [5.41, 5.74) is 0.708. The predicted molar refractivity (Wildman–Crippen MR) is 102 cm³/mol. The number of carbonyl (C=O) groups excluding carboxylic acids is 1. The molecule has 8 heteroatoms. The van der Waals surface area contributed by atoms with Crippen LogP contribution in [0.3, 0.4) is 0 Å². The van der Waals surface area contributed by atoms with Crippen molar-refractivity contribution in [2.45, 2.75) is 19.0 Å². The molecular weight excluding hydrogens is 397 g/mol. The molecule has 1 saturated heterocycles. The lowest BCUT2D eigenvalue weighted by Gasteiger charge is -2.27. The number of carbonyl (C=O) groups is 1. The number of amides is 1. The fourth-order valence-corrected chi connectivity index (χ4v) is 5.08. The number of rotatable bonds is 5. The van der Waals surface area contributed by atoms with Crippen LogP contribution in [-0.2, 0) is 21.2 Å². The fraction of sp³-hybridized carbons (Fsp3) is 0.278. The molecule has 0 spiro atoms. The molecule has 0 unspecified atom stereocenters. The SMILES string of the molecule is O=C(/C=C/c1ccco1)N(Cc1ccc(Cl)cc1Cl)[C@@H]1CCS(=O)(=O)C1. The number of halogens is 2. The van der Waals surface area contributed by atoms with Gasteiger partial charge in [0.25, 0.3) is 0 Å². The minimum atomic E-state index is -3.13. The zero-order chi connectivity index (χ0) is 18.7. The maximum absolute atomic E-state index is 12.8. The molecule has 0 radical (unpaired) electrons. The molecule has 26 heavy (non-hydrogen) atoms. The van der Waals surface area contributed by atoms with Crippen LogP contribution in [0.4, 0.5) is 0 Å². The van der Waals surface area contributed by atoms with E-state index in [0.29, 0.717) is 27.8 Å². The van der Waals surface area contributed by atoms with E-state index >= 15 is 0 Å². The zero-order valence-electron chi connectivity index (χ0n) is 13.8. The van der Waals surface area contributed by atoms with Gasteiger partial charge in [0.15, 0.2) is 9.84 Å². The molecule has 1 aliphatic rings. The lowest BCUT2D eigenvalue weighted by atomic mass is 10.1. The van der Waals surface area contributed by atoms with Gasteiger partial charge >= 0.3 is 0 Å². The highest BCUT2D eigenvalue weighted by Crippen LogP contribution is 2.26. The standard InChI is InChI=1S/C18H17Cl2NO4S/c19-14-4-3-13(17(20)10-14)11-21(15-7-9-26(23,24)12-15)18(22)6-5-16-2-1-8-25-16/h1-6,8,10,15H,7,9,11-12H2/b6-5+/t15-/m1/s1. The first-order chi connectivity index (χ1) is 12.3. The van der Waals surface area contributed by atoms with Gasteiger partial charge in [0, 0.05) is 28.7 Å². The average Bonchev–Trinajstić information content (AvgIpc) is 3.21. The molecule has 1 fully saturated rings. The Bertz CT molecular complexity index is 923. The van der Waals surface area contributed by atoms with Gasteiger partial charge in [0.2, 0.25) is 5.91 Å². The molecule has 0 bridgehead atoms. The minimum absolute atomic E-state index is 0.0431. The van der Waals surface area contributed by atoms with Crippen molar-refractivity contribution < 1.29 is 17.6 Å². The Morgan fingerprint density at radius 2 is 2.12 bits per heavy atom. The smallest absolute Gasteiger partial charge is 0.247 e. The van der Waals surface area contributed by atoms with E-state index in [9.17, 15) is 13.2 Å². The molecule has 2 aromatic rings. The highest BCUT2D eigenvalue weighted by Gasteiger charge is 2.34. The zero-order valence-corrected chi connectivity index (χ0v) is 16.1. The van der Waals surface area contributed by atoms with Crippen LogP contribution in [0.2, 0.25) is 10.0 Å². The van der Waals surface area contributed by atoms with E-state index in [0.717, 1.165) is 0 Å². The van der Waals surface area contributed by atoms with Crippen LogP contribution in [0, 0.1) is 0 Å². The monoisotopic (exact) mass is 413 g/mol. The van der Waals surface area contributed by atoms with Gasteiger partial charge in [-0.15, -0.1) is 0 Å². The van der Waals surface area contributed by atoms with Crippen LogP contribution >= 0.6 is 23.2 Å². The minimum Gasteiger partial charge on any atom is -0.465 e. The van der Waals surface area contributed by atoms with E-state index in [2.05, 4.69) is 0 Å². The average molecular weight is 414 g/mol. The summed E-state index contributed by atoms with van der Waals surface area (Å²) in [7, 11) is -3.13. The van der Waals surface area contributed by atoms with Crippen LogP contribution in [0.1, 0.15) is 17.7 Å². The number of sulfone groups is 1. The van der Waals surface area contributed by atoms with Crippen molar-refractivity contribution in [1.82, 2.24) is 4.90 Å². The quantitative estimate of drug-likeness (QED) is 0.698. The van der Waals surface area contributed by atoms with Crippen molar-refractivity contribution >= 4 is 45.0 Å². The summed E-state index contributed by atoms with van der Waals surface area (Å²) in [6, 6.07) is 8.09. The first-order valence-corrected chi connectivity index (χ1v) is 10.6. The molecule has 5 nitrogen and oxygen atoms in total. The third kappa shape index (κ3) is 4.69. The van der Waals surface area contributed by atoms with Crippen LogP contribution in [0.25, 0.3) is 6.08 Å². The Hall–Kier alpha value is -1.76. The first-order valence-electron chi connectivity index (χ1n) is 8.00. The van der Waals surface area contributed by atoms with E-state index in [1.54, 1.807) is 41.3 Å². The predicted octanol–water partition coefficient (Wildman–Crippen LogP) is 3.82. The Labute approximate surface area is 162 Å². The van der Waals surface area contributed by atoms with E-state index in [4.69, 9.17) is 27.6 Å². The molecule has 1 aromatic carbocycles. The topological polar surface area (TPSA) is 67.6 Å². The van der Waals surface area contributed by atoms with Crippen LogP contribution in [0.5, 0.6) is 0 Å². The summed E-state index contributed by atoms with van der Waals surface area (Å²) in [6.07, 6.45) is 4.86. The molecule has 1 aliphatic heterocycles. The number of hydrogen-bond acceptors (Lipinski definition) is 4. The molecule has 1 atom stereocenters. The molecule has 1 aromatic heterocycles. The summed E-state index contributed by atoms with van der Waals surface area (Å²) in [4.78, 5) is 14.3. The molecular formula is C18H17Cl2NO4S. The highest BCUT2D eigenvalue weighted by molar-refractivity contribution is 7.91. The number of hydrogen-bond donors (Lipinski definition) is 0. The second kappa shape index (κ2) is 7.86.